The molecule has 1 aromatic heterocycles. The molecule has 0 bridgehead atoms. The predicted octanol–water partition coefficient (Wildman–Crippen LogP) is 2.39. The number of rotatable bonds is 2. The summed E-state index contributed by atoms with van der Waals surface area (Å²) in [6.07, 6.45) is 2.35. The first-order valence-corrected chi connectivity index (χ1v) is 6.07. The molecular weight excluding hydrogens is 202 g/mol. The summed E-state index contributed by atoms with van der Waals surface area (Å²) in [6.45, 7) is 10.8. The van der Waals surface area contributed by atoms with E-state index >= 15 is 0 Å². The van der Waals surface area contributed by atoms with Crippen LogP contribution in [0.15, 0.2) is 6.33 Å². The fourth-order valence-corrected chi connectivity index (χ4v) is 2.60. The Kier molecular flexibility index (Phi) is 3.02. The molecule has 0 spiro atoms. The van der Waals surface area contributed by atoms with E-state index in [0.29, 0.717) is 24.0 Å². The molecule has 1 aliphatic rings. The summed E-state index contributed by atoms with van der Waals surface area (Å²) in [7, 11) is 0. The largest absolute Gasteiger partial charge is 0.374 e. The van der Waals surface area contributed by atoms with E-state index in [-0.39, 0.29) is 6.10 Å². The summed E-state index contributed by atoms with van der Waals surface area (Å²) in [5.41, 5.74) is 0. The zero-order valence-electron chi connectivity index (χ0n) is 10.7. The van der Waals surface area contributed by atoms with Crippen molar-refractivity contribution in [2.45, 2.75) is 58.8 Å². The van der Waals surface area contributed by atoms with Crippen LogP contribution in [0, 0.1) is 5.92 Å². The molecule has 4 atom stereocenters. The zero-order valence-corrected chi connectivity index (χ0v) is 10.7. The SMILES string of the molecule is CC1OC(C)C(c2nncn2C(C)C)C1C. The first-order chi connectivity index (χ1) is 7.52. The maximum Gasteiger partial charge on any atom is 0.139 e. The molecule has 4 nitrogen and oxygen atoms in total. The van der Waals surface area contributed by atoms with Crippen molar-refractivity contribution in [2.75, 3.05) is 0 Å². The molecule has 4 heteroatoms. The van der Waals surface area contributed by atoms with Gasteiger partial charge in [-0.3, -0.25) is 0 Å². The van der Waals surface area contributed by atoms with E-state index in [4.69, 9.17) is 4.74 Å². The molecule has 1 fully saturated rings. The van der Waals surface area contributed by atoms with Gasteiger partial charge >= 0.3 is 0 Å². The van der Waals surface area contributed by atoms with Crippen molar-refractivity contribution in [3.8, 4) is 0 Å². The topological polar surface area (TPSA) is 39.9 Å². The van der Waals surface area contributed by atoms with Crippen LogP contribution >= 0.6 is 0 Å². The Morgan fingerprint density at radius 1 is 1.25 bits per heavy atom. The van der Waals surface area contributed by atoms with Crippen LogP contribution in [0.5, 0.6) is 0 Å². The number of hydrogen-bond donors (Lipinski definition) is 0. The predicted molar refractivity (Wildman–Crippen MR) is 62.3 cm³/mol. The van der Waals surface area contributed by atoms with Gasteiger partial charge in [-0.05, 0) is 33.6 Å². The highest BCUT2D eigenvalue weighted by atomic mass is 16.5. The van der Waals surface area contributed by atoms with E-state index in [9.17, 15) is 0 Å². The fourth-order valence-electron chi connectivity index (χ4n) is 2.60. The van der Waals surface area contributed by atoms with Gasteiger partial charge < -0.3 is 9.30 Å². The van der Waals surface area contributed by atoms with Gasteiger partial charge in [0.2, 0.25) is 0 Å². The minimum atomic E-state index is 0.228. The molecule has 1 aromatic rings. The summed E-state index contributed by atoms with van der Waals surface area (Å²) >= 11 is 0. The molecule has 1 aliphatic heterocycles. The summed E-state index contributed by atoms with van der Waals surface area (Å²) in [6, 6.07) is 0.403. The Hall–Kier alpha value is -0.900. The number of nitrogens with zero attached hydrogens (tertiary/aromatic N) is 3. The van der Waals surface area contributed by atoms with E-state index in [1.807, 2.05) is 6.33 Å². The molecule has 0 saturated carbocycles. The molecule has 2 heterocycles. The monoisotopic (exact) mass is 223 g/mol. The molecule has 16 heavy (non-hydrogen) atoms. The van der Waals surface area contributed by atoms with Crippen molar-refractivity contribution in [3.63, 3.8) is 0 Å². The average Bonchev–Trinajstić information content (AvgIpc) is 2.73. The quantitative estimate of drug-likeness (QED) is 0.773. The number of aromatic nitrogens is 3. The Balaban J connectivity index is 2.33. The Morgan fingerprint density at radius 2 is 1.94 bits per heavy atom. The maximum absolute atomic E-state index is 5.86. The molecule has 0 aliphatic carbocycles. The summed E-state index contributed by atoms with van der Waals surface area (Å²) in [5.74, 6) is 1.93. The minimum Gasteiger partial charge on any atom is -0.374 e. The van der Waals surface area contributed by atoms with Gasteiger partial charge in [-0.15, -0.1) is 10.2 Å². The van der Waals surface area contributed by atoms with Crippen molar-refractivity contribution >= 4 is 0 Å². The number of hydrogen-bond acceptors (Lipinski definition) is 3. The number of ether oxygens (including phenoxy) is 1. The van der Waals surface area contributed by atoms with Gasteiger partial charge in [0, 0.05) is 6.04 Å². The highest BCUT2D eigenvalue weighted by molar-refractivity contribution is 5.06. The first-order valence-electron chi connectivity index (χ1n) is 6.07. The van der Waals surface area contributed by atoms with E-state index in [0.717, 1.165) is 5.82 Å². The Bertz CT molecular complexity index is 361. The lowest BCUT2D eigenvalue weighted by Gasteiger charge is -2.20. The zero-order chi connectivity index (χ0) is 11.9. The second kappa shape index (κ2) is 4.17. The van der Waals surface area contributed by atoms with Gasteiger partial charge in [0.25, 0.3) is 0 Å². The van der Waals surface area contributed by atoms with Gasteiger partial charge in [-0.25, -0.2) is 0 Å². The van der Waals surface area contributed by atoms with Crippen molar-refractivity contribution in [1.29, 1.82) is 0 Å². The van der Waals surface area contributed by atoms with Crippen LogP contribution in [0.25, 0.3) is 0 Å². The molecule has 1 saturated heterocycles. The molecule has 90 valence electrons. The molecule has 0 amide bonds. The van der Waals surface area contributed by atoms with Crippen LogP contribution < -0.4 is 0 Å². The highest BCUT2D eigenvalue weighted by Gasteiger charge is 2.40. The minimum absolute atomic E-state index is 0.228. The lowest BCUT2D eigenvalue weighted by molar-refractivity contribution is 0.0551. The Labute approximate surface area is 97.0 Å². The average molecular weight is 223 g/mol. The van der Waals surface area contributed by atoms with Gasteiger partial charge in [0.05, 0.1) is 18.1 Å². The van der Waals surface area contributed by atoms with Gasteiger partial charge in [-0.2, -0.15) is 0 Å². The molecule has 0 aromatic carbocycles. The lowest BCUT2D eigenvalue weighted by atomic mass is 9.88. The van der Waals surface area contributed by atoms with Crippen molar-refractivity contribution in [2.24, 2.45) is 5.92 Å². The molecule has 0 radical (unpaired) electrons. The van der Waals surface area contributed by atoms with Crippen molar-refractivity contribution in [3.05, 3.63) is 12.2 Å². The molecule has 0 N–H and O–H groups in total. The van der Waals surface area contributed by atoms with E-state index < -0.39 is 0 Å². The van der Waals surface area contributed by atoms with Crippen LogP contribution in [0.3, 0.4) is 0 Å². The van der Waals surface area contributed by atoms with Crippen LogP contribution in [0.1, 0.15) is 52.4 Å². The van der Waals surface area contributed by atoms with Crippen molar-refractivity contribution in [1.82, 2.24) is 14.8 Å². The second-order valence-electron chi connectivity index (χ2n) is 5.12. The lowest BCUT2D eigenvalue weighted by Crippen LogP contribution is -2.20. The van der Waals surface area contributed by atoms with Crippen LogP contribution in [-0.2, 0) is 4.74 Å². The van der Waals surface area contributed by atoms with E-state index in [1.54, 1.807) is 0 Å². The van der Waals surface area contributed by atoms with Crippen molar-refractivity contribution < 1.29 is 4.74 Å². The summed E-state index contributed by atoms with van der Waals surface area (Å²) in [5, 5.41) is 8.33. The highest BCUT2D eigenvalue weighted by Crippen LogP contribution is 2.39. The first kappa shape index (κ1) is 11.6. The standard InChI is InChI=1S/C12H21N3O/c1-7(2)15-6-13-14-12(15)11-8(3)9(4)16-10(11)5/h6-11H,1-5H3. The normalized spacial score (nSPS) is 34.9. The third kappa shape index (κ3) is 1.75. The smallest absolute Gasteiger partial charge is 0.139 e. The third-order valence-electron chi connectivity index (χ3n) is 3.70. The van der Waals surface area contributed by atoms with Gasteiger partial charge in [0.15, 0.2) is 0 Å². The summed E-state index contributed by atoms with van der Waals surface area (Å²) in [4.78, 5) is 0. The van der Waals surface area contributed by atoms with Gasteiger partial charge in [0.1, 0.15) is 12.2 Å². The second-order valence-corrected chi connectivity index (χ2v) is 5.12. The third-order valence-corrected chi connectivity index (χ3v) is 3.70. The molecular formula is C12H21N3O. The van der Waals surface area contributed by atoms with E-state index in [2.05, 4.69) is 49.4 Å². The fraction of sp³-hybridized carbons (Fsp3) is 0.833. The van der Waals surface area contributed by atoms with Crippen LogP contribution in [0.2, 0.25) is 0 Å². The maximum atomic E-state index is 5.86. The van der Waals surface area contributed by atoms with Crippen LogP contribution in [-0.4, -0.2) is 27.0 Å². The molecule has 2 rings (SSSR count). The Morgan fingerprint density at radius 3 is 2.44 bits per heavy atom. The summed E-state index contributed by atoms with van der Waals surface area (Å²) < 4.78 is 8.02. The van der Waals surface area contributed by atoms with Gasteiger partial charge in [-0.1, -0.05) is 6.92 Å². The van der Waals surface area contributed by atoms with E-state index in [1.165, 1.54) is 0 Å². The molecule has 4 unspecified atom stereocenters. The van der Waals surface area contributed by atoms with Crippen LogP contribution in [0.4, 0.5) is 0 Å².